The Kier molecular flexibility index (Phi) is 8.82. The summed E-state index contributed by atoms with van der Waals surface area (Å²) >= 11 is 0. The first-order valence-corrected chi connectivity index (χ1v) is 12.0. The molecule has 1 aromatic heterocycles. The molecule has 0 aliphatic heterocycles. The van der Waals surface area contributed by atoms with Crippen molar-refractivity contribution in [2.45, 2.75) is 46.6 Å². The quantitative estimate of drug-likeness (QED) is 0.456. The third kappa shape index (κ3) is 7.79. The van der Waals surface area contributed by atoms with Crippen molar-refractivity contribution in [3.8, 4) is 5.69 Å². The number of para-hydroxylation sites is 1. The van der Waals surface area contributed by atoms with Gasteiger partial charge in [0.25, 0.3) is 0 Å². The molecule has 3 rings (SSSR count). The third-order valence-corrected chi connectivity index (χ3v) is 5.36. The van der Waals surface area contributed by atoms with Crippen LogP contribution in [-0.4, -0.2) is 46.2 Å². The Morgan fingerprint density at radius 1 is 1.03 bits per heavy atom. The van der Waals surface area contributed by atoms with Crippen molar-refractivity contribution in [3.63, 3.8) is 0 Å². The van der Waals surface area contributed by atoms with E-state index < -0.39 is 0 Å². The summed E-state index contributed by atoms with van der Waals surface area (Å²) < 4.78 is 7.36. The van der Waals surface area contributed by atoms with E-state index in [1.165, 1.54) is 0 Å². The van der Waals surface area contributed by atoms with E-state index in [1.54, 1.807) is 9.58 Å². The maximum absolute atomic E-state index is 13.1. The molecular weight excluding hydrogens is 440 g/mol. The minimum atomic E-state index is -0.278. The predicted molar refractivity (Wildman–Crippen MR) is 138 cm³/mol. The normalized spacial score (nSPS) is 11.5. The summed E-state index contributed by atoms with van der Waals surface area (Å²) in [5, 5.41) is 7.71. The number of nitrogens with one attached hydrogen (secondary N) is 1. The molecule has 0 spiro atoms. The highest BCUT2D eigenvalue weighted by molar-refractivity contribution is 5.94. The van der Waals surface area contributed by atoms with Crippen molar-refractivity contribution in [1.29, 1.82) is 0 Å². The van der Waals surface area contributed by atoms with Crippen molar-refractivity contribution >= 4 is 17.6 Å². The van der Waals surface area contributed by atoms with Gasteiger partial charge >= 0.3 is 0 Å². The molecule has 1 N–H and O–H groups in total. The number of amides is 2. The summed E-state index contributed by atoms with van der Waals surface area (Å²) in [4.78, 5) is 27.5. The average molecular weight is 477 g/mol. The van der Waals surface area contributed by atoms with Crippen LogP contribution in [0, 0.1) is 5.92 Å². The second kappa shape index (κ2) is 11.8. The zero-order valence-electron chi connectivity index (χ0n) is 21.3. The topological polar surface area (TPSA) is 76.5 Å². The van der Waals surface area contributed by atoms with Crippen molar-refractivity contribution in [1.82, 2.24) is 14.7 Å². The van der Waals surface area contributed by atoms with E-state index in [0.717, 1.165) is 16.9 Å². The number of hydrogen-bond acceptors (Lipinski definition) is 4. The van der Waals surface area contributed by atoms with Crippen LogP contribution < -0.4 is 5.32 Å². The van der Waals surface area contributed by atoms with Gasteiger partial charge in [-0.05, 0) is 23.6 Å². The molecule has 0 bridgehead atoms. The molecule has 3 aromatic rings. The van der Waals surface area contributed by atoms with Crippen LogP contribution in [-0.2, 0) is 26.3 Å². The lowest BCUT2D eigenvalue weighted by atomic mass is 9.92. The van der Waals surface area contributed by atoms with Crippen LogP contribution in [0.3, 0.4) is 0 Å². The summed E-state index contributed by atoms with van der Waals surface area (Å²) in [5.74, 6) is 0.294. The fraction of sp³-hybridized carbons (Fsp3) is 0.393. The molecule has 0 fully saturated rings. The van der Waals surface area contributed by atoms with Gasteiger partial charge in [0, 0.05) is 18.0 Å². The molecule has 35 heavy (non-hydrogen) atoms. The molecule has 0 radical (unpaired) electrons. The molecule has 186 valence electrons. The number of carbonyl (C=O) groups is 2. The summed E-state index contributed by atoms with van der Waals surface area (Å²) in [6.07, 6.45) is 0. The molecular formula is C28H36N4O3. The number of anilines is 1. The van der Waals surface area contributed by atoms with Crippen LogP contribution in [0.25, 0.3) is 5.69 Å². The molecule has 0 unspecified atom stereocenters. The monoisotopic (exact) mass is 476 g/mol. The van der Waals surface area contributed by atoms with Crippen molar-refractivity contribution in [3.05, 3.63) is 78.0 Å². The minimum Gasteiger partial charge on any atom is -0.367 e. The number of hydrogen-bond donors (Lipinski definition) is 1. The maximum Gasteiger partial charge on any atom is 0.249 e. The lowest BCUT2D eigenvalue weighted by molar-refractivity contribution is -0.139. The maximum atomic E-state index is 13.1. The highest BCUT2D eigenvalue weighted by Gasteiger charge is 2.23. The first-order chi connectivity index (χ1) is 16.6. The molecule has 0 aliphatic carbocycles. The Balaban J connectivity index is 1.70. The van der Waals surface area contributed by atoms with Crippen LogP contribution in [0.5, 0.6) is 0 Å². The molecule has 0 atom stereocenters. The van der Waals surface area contributed by atoms with Gasteiger partial charge in [0.1, 0.15) is 12.4 Å². The SMILES string of the molecule is CC(C)CN(CC(=O)Nc1cc(C(C)(C)C)nn1-c1ccccc1)C(=O)COCc1ccccc1. The van der Waals surface area contributed by atoms with Crippen LogP contribution >= 0.6 is 0 Å². The standard InChI is InChI=1S/C28H36N4O3/c1-21(2)17-31(27(34)20-35-19-22-12-8-6-9-13-22)18-26(33)29-25-16-24(28(3,4)5)30-32(25)23-14-10-7-11-15-23/h6-16,21H,17-20H2,1-5H3,(H,29,33). The molecule has 2 aromatic carbocycles. The number of carbonyl (C=O) groups excluding carboxylic acids is 2. The Morgan fingerprint density at radius 2 is 1.66 bits per heavy atom. The van der Waals surface area contributed by atoms with Gasteiger partial charge in [-0.25, -0.2) is 4.68 Å². The smallest absolute Gasteiger partial charge is 0.249 e. The van der Waals surface area contributed by atoms with Gasteiger partial charge in [0.15, 0.2) is 0 Å². The highest BCUT2D eigenvalue weighted by Crippen LogP contribution is 2.26. The van der Waals surface area contributed by atoms with E-state index in [0.29, 0.717) is 19.0 Å². The van der Waals surface area contributed by atoms with Crippen molar-refractivity contribution in [2.24, 2.45) is 5.92 Å². The second-order valence-electron chi connectivity index (χ2n) is 10.1. The lowest BCUT2D eigenvalue weighted by Crippen LogP contribution is -2.42. The van der Waals surface area contributed by atoms with Crippen molar-refractivity contribution < 1.29 is 14.3 Å². The van der Waals surface area contributed by atoms with Crippen LogP contribution in [0.15, 0.2) is 66.7 Å². The molecule has 7 nitrogen and oxygen atoms in total. The summed E-state index contributed by atoms with van der Waals surface area (Å²) in [7, 11) is 0. The second-order valence-corrected chi connectivity index (χ2v) is 10.1. The van der Waals surface area contributed by atoms with Gasteiger partial charge in [-0.2, -0.15) is 5.10 Å². The molecule has 0 aliphatic rings. The number of nitrogens with zero attached hydrogens (tertiary/aromatic N) is 3. The Labute approximate surface area is 208 Å². The van der Waals surface area contributed by atoms with Gasteiger partial charge < -0.3 is 15.0 Å². The zero-order valence-corrected chi connectivity index (χ0v) is 21.3. The van der Waals surface area contributed by atoms with Gasteiger partial charge in [-0.15, -0.1) is 0 Å². The number of benzene rings is 2. The molecule has 2 amide bonds. The average Bonchev–Trinajstić information content (AvgIpc) is 3.24. The third-order valence-electron chi connectivity index (χ3n) is 5.36. The van der Waals surface area contributed by atoms with E-state index in [-0.39, 0.29) is 36.3 Å². The van der Waals surface area contributed by atoms with E-state index in [4.69, 9.17) is 9.84 Å². The minimum absolute atomic E-state index is 0.0590. The van der Waals surface area contributed by atoms with E-state index in [9.17, 15) is 9.59 Å². The van der Waals surface area contributed by atoms with Gasteiger partial charge in [0.2, 0.25) is 11.8 Å². The zero-order chi connectivity index (χ0) is 25.4. The molecule has 0 saturated heterocycles. The van der Waals surface area contributed by atoms with E-state index in [2.05, 4.69) is 26.1 Å². The Bertz CT molecular complexity index is 1100. The highest BCUT2D eigenvalue weighted by atomic mass is 16.5. The Hall–Kier alpha value is -3.45. The first-order valence-electron chi connectivity index (χ1n) is 12.0. The van der Waals surface area contributed by atoms with Crippen LogP contribution in [0.2, 0.25) is 0 Å². The molecule has 7 heteroatoms. The summed E-state index contributed by atoms with van der Waals surface area (Å²) in [5.41, 5.74) is 2.52. The molecule has 1 heterocycles. The van der Waals surface area contributed by atoms with Gasteiger partial charge in [0.05, 0.1) is 24.5 Å². The number of ether oxygens (including phenoxy) is 1. The van der Waals surface area contributed by atoms with Crippen molar-refractivity contribution in [2.75, 3.05) is 25.0 Å². The molecule has 0 saturated carbocycles. The fourth-order valence-electron chi connectivity index (χ4n) is 3.58. The summed E-state index contributed by atoms with van der Waals surface area (Å²) in [6, 6.07) is 21.3. The lowest BCUT2D eigenvalue weighted by Gasteiger charge is -2.24. The van der Waals surface area contributed by atoms with Gasteiger partial charge in [-0.3, -0.25) is 9.59 Å². The number of rotatable bonds is 10. The van der Waals surface area contributed by atoms with Gasteiger partial charge in [-0.1, -0.05) is 83.1 Å². The van der Waals surface area contributed by atoms with E-state index in [1.807, 2.05) is 80.6 Å². The van der Waals surface area contributed by atoms with E-state index >= 15 is 0 Å². The predicted octanol–water partition coefficient (Wildman–Crippen LogP) is 4.81. The fourth-order valence-corrected chi connectivity index (χ4v) is 3.58. The largest absolute Gasteiger partial charge is 0.367 e. The Morgan fingerprint density at radius 3 is 2.26 bits per heavy atom. The van der Waals surface area contributed by atoms with Crippen LogP contribution in [0.1, 0.15) is 45.9 Å². The van der Waals surface area contributed by atoms with Crippen LogP contribution in [0.4, 0.5) is 5.82 Å². The first kappa shape index (κ1) is 26.2. The summed E-state index contributed by atoms with van der Waals surface area (Å²) in [6.45, 7) is 10.9. The number of aromatic nitrogens is 2.